The van der Waals surface area contributed by atoms with E-state index >= 15 is 0 Å². The Morgan fingerprint density at radius 1 is 1.33 bits per heavy atom. The molecule has 0 nitrogen and oxygen atoms in total. The maximum absolute atomic E-state index is 11.9. The predicted molar refractivity (Wildman–Crippen MR) is 24.5 cm³/mol. The van der Waals surface area contributed by atoms with Crippen molar-refractivity contribution in [3.8, 4) is 0 Å². The van der Waals surface area contributed by atoms with Gasteiger partial charge in [0.05, 0.1) is 0 Å². The summed E-state index contributed by atoms with van der Waals surface area (Å²) in [5, 5.41) is 0. The Balaban J connectivity index is 0.000000360. The zero-order valence-electron chi connectivity index (χ0n) is 4.78. The Labute approximate surface area is 38.8 Å². The lowest BCUT2D eigenvalue weighted by Crippen LogP contribution is -1.85. The Morgan fingerprint density at radius 3 is 2.00 bits per heavy atom. The van der Waals surface area contributed by atoms with E-state index in [9.17, 15) is 4.39 Å². The highest BCUT2D eigenvalue weighted by Crippen LogP contribution is 2.19. The first kappa shape index (κ1) is 4.10. The van der Waals surface area contributed by atoms with E-state index in [1.807, 2.05) is 0 Å². The first-order chi connectivity index (χ1) is 2.89. The highest BCUT2D eigenvalue weighted by atomic mass is 19.1. The van der Waals surface area contributed by atoms with Gasteiger partial charge in [0.25, 0.3) is 0 Å². The second-order valence-electron chi connectivity index (χ2n) is 1.88. The second kappa shape index (κ2) is 1.59. The fourth-order valence-corrected chi connectivity index (χ4v) is 0.876. The van der Waals surface area contributed by atoms with Crippen molar-refractivity contribution in [2.75, 3.05) is 0 Å². The number of rotatable bonds is 0. The Hall–Kier alpha value is -0.0700. The normalized spacial score (nSPS) is 25.5. The van der Waals surface area contributed by atoms with E-state index in [1.165, 1.54) is 0 Å². The summed E-state index contributed by atoms with van der Waals surface area (Å²) in [5.74, 6) is 0. The summed E-state index contributed by atoms with van der Waals surface area (Å²) < 4.78 is 11.9. The molecule has 1 aliphatic rings. The molecule has 0 radical (unpaired) electrons. The largest absolute Gasteiger partial charge is 1.00 e. The van der Waals surface area contributed by atoms with E-state index in [0.29, 0.717) is 0 Å². The molecular weight excluding hydrogens is 79.1 g/mol. The molecule has 0 aromatic rings. The van der Waals surface area contributed by atoms with Crippen LogP contribution < -0.4 is 0 Å². The minimum Gasteiger partial charge on any atom is -0.247 e. The number of hydrogen-bond acceptors (Lipinski definition) is 0. The third-order valence-electron chi connectivity index (χ3n) is 1.28. The molecule has 1 aliphatic carbocycles. The van der Waals surface area contributed by atoms with Gasteiger partial charge in [0.15, 0.2) is 0 Å². The molecule has 0 unspecified atom stereocenters. The summed E-state index contributed by atoms with van der Waals surface area (Å²) in [6, 6.07) is 0. The number of alkyl halides is 1. The molecule has 0 atom stereocenters. The predicted octanol–water partition coefficient (Wildman–Crippen LogP) is 2.01. The quantitative estimate of drug-likeness (QED) is 0.426. The lowest BCUT2D eigenvalue weighted by atomic mass is 10.3. The molecular formula is C5H10F+. The van der Waals surface area contributed by atoms with E-state index in [2.05, 4.69) is 0 Å². The fourth-order valence-electron chi connectivity index (χ4n) is 0.876. The standard InChI is InChI=1S/C5H9F/c6-5-3-1-2-4-5/h5H,1-4H2/p+1. The molecule has 1 saturated carbocycles. The van der Waals surface area contributed by atoms with Crippen LogP contribution in [0.1, 0.15) is 27.1 Å². The van der Waals surface area contributed by atoms with Crippen LogP contribution in [0, 0.1) is 0 Å². The molecule has 0 saturated heterocycles. The van der Waals surface area contributed by atoms with E-state index in [1.54, 1.807) is 0 Å². The van der Waals surface area contributed by atoms with E-state index < -0.39 is 6.17 Å². The van der Waals surface area contributed by atoms with Gasteiger partial charge in [-0.15, -0.1) is 0 Å². The van der Waals surface area contributed by atoms with Gasteiger partial charge in [0, 0.05) is 0 Å². The van der Waals surface area contributed by atoms with Gasteiger partial charge in [-0.1, -0.05) is 12.8 Å². The van der Waals surface area contributed by atoms with Crippen molar-refractivity contribution in [1.29, 1.82) is 0 Å². The molecule has 0 heterocycles. The van der Waals surface area contributed by atoms with E-state index in [0.717, 1.165) is 25.7 Å². The van der Waals surface area contributed by atoms with Gasteiger partial charge in [-0.05, 0) is 12.8 Å². The van der Waals surface area contributed by atoms with Crippen molar-refractivity contribution in [2.24, 2.45) is 0 Å². The lowest BCUT2D eigenvalue weighted by molar-refractivity contribution is 0.343. The minimum atomic E-state index is -0.454. The topological polar surface area (TPSA) is 0 Å². The highest BCUT2D eigenvalue weighted by Gasteiger charge is 2.11. The Morgan fingerprint density at radius 2 is 1.83 bits per heavy atom. The van der Waals surface area contributed by atoms with Crippen LogP contribution >= 0.6 is 0 Å². The second-order valence-corrected chi connectivity index (χ2v) is 1.88. The summed E-state index contributed by atoms with van der Waals surface area (Å²) in [5.41, 5.74) is 0. The van der Waals surface area contributed by atoms with Crippen molar-refractivity contribution in [1.82, 2.24) is 0 Å². The van der Waals surface area contributed by atoms with Crippen LogP contribution in [0.5, 0.6) is 0 Å². The summed E-state index contributed by atoms with van der Waals surface area (Å²) in [4.78, 5) is 0. The fraction of sp³-hybridized carbons (Fsp3) is 1.00. The third kappa shape index (κ3) is 0.703. The van der Waals surface area contributed by atoms with Gasteiger partial charge < -0.3 is 0 Å². The van der Waals surface area contributed by atoms with Crippen LogP contribution in [0.2, 0.25) is 0 Å². The van der Waals surface area contributed by atoms with Crippen molar-refractivity contribution in [3.63, 3.8) is 0 Å². The van der Waals surface area contributed by atoms with Gasteiger partial charge in [0.1, 0.15) is 6.17 Å². The average molecular weight is 89.1 g/mol. The van der Waals surface area contributed by atoms with Gasteiger partial charge in [-0.2, -0.15) is 0 Å². The Kier molecular flexibility index (Phi) is 1.08. The maximum Gasteiger partial charge on any atom is 1.00 e. The molecule has 1 fully saturated rings. The number of halogens is 1. The smallest absolute Gasteiger partial charge is 0.247 e. The van der Waals surface area contributed by atoms with Crippen molar-refractivity contribution in [2.45, 2.75) is 31.9 Å². The van der Waals surface area contributed by atoms with Crippen LogP contribution in [0.25, 0.3) is 0 Å². The third-order valence-corrected chi connectivity index (χ3v) is 1.28. The van der Waals surface area contributed by atoms with Gasteiger partial charge in [-0.25, -0.2) is 4.39 Å². The molecule has 6 heavy (non-hydrogen) atoms. The first-order valence-electron chi connectivity index (χ1n) is 2.53. The summed E-state index contributed by atoms with van der Waals surface area (Å²) in [6.45, 7) is 0. The molecule has 0 spiro atoms. The Bertz CT molecular complexity index is 41.3. The van der Waals surface area contributed by atoms with Crippen LogP contribution in [0.15, 0.2) is 0 Å². The molecule has 0 amide bonds. The molecule has 1 rings (SSSR count). The van der Waals surface area contributed by atoms with Gasteiger partial charge >= 0.3 is 1.43 Å². The van der Waals surface area contributed by atoms with Gasteiger partial charge in [0.2, 0.25) is 0 Å². The molecule has 0 aromatic heterocycles. The van der Waals surface area contributed by atoms with Crippen molar-refractivity contribution < 1.29 is 5.82 Å². The average Bonchev–Trinajstić information content (AvgIpc) is 1.86. The van der Waals surface area contributed by atoms with Crippen LogP contribution in [0.3, 0.4) is 0 Å². The van der Waals surface area contributed by atoms with Crippen molar-refractivity contribution in [3.05, 3.63) is 0 Å². The van der Waals surface area contributed by atoms with Crippen LogP contribution in [-0.2, 0) is 0 Å². The van der Waals surface area contributed by atoms with Crippen LogP contribution in [-0.4, -0.2) is 6.17 Å². The maximum atomic E-state index is 11.9. The summed E-state index contributed by atoms with van der Waals surface area (Å²) >= 11 is 0. The molecule has 36 valence electrons. The molecule has 0 aromatic carbocycles. The monoisotopic (exact) mass is 89.1 g/mol. The van der Waals surface area contributed by atoms with E-state index in [4.69, 9.17) is 0 Å². The summed E-state index contributed by atoms with van der Waals surface area (Å²) in [6.07, 6.45) is 3.41. The SMILES string of the molecule is FC1CCCC1.[H+]. The van der Waals surface area contributed by atoms with Crippen molar-refractivity contribution >= 4 is 0 Å². The van der Waals surface area contributed by atoms with E-state index in [-0.39, 0.29) is 1.43 Å². The zero-order valence-corrected chi connectivity index (χ0v) is 3.78. The first-order valence-corrected chi connectivity index (χ1v) is 2.53. The molecule has 1 heteroatoms. The zero-order chi connectivity index (χ0) is 4.41. The minimum absolute atomic E-state index is 0. The molecule has 0 bridgehead atoms. The number of hydrogen-bond donors (Lipinski definition) is 0. The lowest BCUT2D eigenvalue weighted by Gasteiger charge is -1.86. The van der Waals surface area contributed by atoms with Crippen LogP contribution in [0.4, 0.5) is 4.39 Å². The summed E-state index contributed by atoms with van der Waals surface area (Å²) in [7, 11) is 0. The van der Waals surface area contributed by atoms with Gasteiger partial charge in [-0.3, -0.25) is 0 Å². The molecule has 0 N–H and O–H groups in total. The highest BCUT2D eigenvalue weighted by molar-refractivity contribution is 4.63. The molecule has 0 aliphatic heterocycles.